The van der Waals surface area contributed by atoms with Crippen LogP contribution in [0.4, 0.5) is 16.2 Å². The number of anilines is 1. The number of Topliss-reactive ketones (excluding diaryl/α,β-unsaturated/α-hetero) is 1. The van der Waals surface area contributed by atoms with Crippen LogP contribution in [0.15, 0.2) is 77.6 Å². The van der Waals surface area contributed by atoms with Crippen molar-refractivity contribution in [3.8, 4) is 0 Å². The largest absolute Gasteiger partial charge is 0.445 e. The number of fused-ring (bicyclic) bond motifs is 1. The first-order valence-corrected chi connectivity index (χ1v) is 15.4. The summed E-state index contributed by atoms with van der Waals surface area (Å²) in [6, 6.07) is 16.1. The molecule has 4 N–H and O–H groups in total. The van der Waals surface area contributed by atoms with E-state index in [2.05, 4.69) is 20.6 Å². The van der Waals surface area contributed by atoms with Gasteiger partial charge in [0.05, 0.1) is 24.1 Å². The second kappa shape index (κ2) is 16.7. The summed E-state index contributed by atoms with van der Waals surface area (Å²) >= 11 is 0. The van der Waals surface area contributed by atoms with Gasteiger partial charge in [-0.05, 0) is 54.7 Å². The summed E-state index contributed by atoms with van der Waals surface area (Å²) in [4.78, 5) is 61.2. The lowest BCUT2D eigenvalue weighted by molar-refractivity contribution is -0.127. The number of aryl methyl sites for hydroxylation is 1. The molecule has 0 bridgehead atoms. The van der Waals surface area contributed by atoms with Gasteiger partial charge in [-0.15, -0.1) is 0 Å². The van der Waals surface area contributed by atoms with Crippen molar-refractivity contribution in [2.45, 2.75) is 52.6 Å². The third kappa shape index (κ3) is 9.85. The predicted octanol–water partition coefficient (Wildman–Crippen LogP) is 5.19. The van der Waals surface area contributed by atoms with Crippen LogP contribution in [0.5, 0.6) is 0 Å². The zero-order valence-corrected chi connectivity index (χ0v) is 26.3. The number of carbonyl (C=O) groups excluding carboxylic acids is 4. The fourth-order valence-corrected chi connectivity index (χ4v) is 4.94. The van der Waals surface area contributed by atoms with E-state index < -0.39 is 6.09 Å². The molecule has 0 unspecified atom stereocenters. The molecule has 2 aromatic carbocycles. The number of alkyl carbamates (subject to hydrolysis) is 1. The minimum Gasteiger partial charge on any atom is -0.445 e. The van der Waals surface area contributed by atoms with Crippen molar-refractivity contribution in [1.82, 2.24) is 15.2 Å². The number of benzene rings is 2. The number of nitrogens with zero attached hydrogens (tertiary/aromatic N) is 3. The molecule has 3 aromatic rings. The Kier molecular flexibility index (Phi) is 12.2. The third-order valence-electron chi connectivity index (χ3n) is 7.19. The standard InChI is InChI=1S/C35H40N6O5/c1-3-14-41(15-4-2)34(44)28-17-26-11-12-27(18-31(26)40-32(36)19-28)33(43)39-29-16-25(20-37-21-29)10-13-30(42)22-38-35(45)46-23-24-8-6-5-7-9-24/h5-9,11-12,16-18,20-21H,3-4,10,13-15,19,22-23H2,1-2H3,(H2,36,40)(H,38,45)(H,39,43). The average Bonchev–Trinajstić information content (AvgIpc) is 3.23. The maximum atomic E-state index is 13.2. The highest BCUT2D eigenvalue weighted by Gasteiger charge is 2.21. The van der Waals surface area contributed by atoms with Crippen molar-refractivity contribution in [2.24, 2.45) is 10.7 Å². The molecule has 240 valence electrons. The molecule has 0 aliphatic carbocycles. The van der Waals surface area contributed by atoms with Crippen LogP contribution in [0.1, 0.15) is 66.6 Å². The second-order valence-corrected chi connectivity index (χ2v) is 11.0. The zero-order chi connectivity index (χ0) is 32.9. The monoisotopic (exact) mass is 624 g/mol. The number of amides is 3. The number of carbonyl (C=O) groups is 4. The van der Waals surface area contributed by atoms with Crippen molar-refractivity contribution in [3.63, 3.8) is 0 Å². The fourth-order valence-electron chi connectivity index (χ4n) is 4.94. The number of nitrogens with two attached hydrogens (primary N) is 1. The lowest BCUT2D eigenvalue weighted by Crippen LogP contribution is -2.34. The highest BCUT2D eigenvalue weighted by atomic mass is 16.5. The predicted molar refractivity (Wildman–Crippen MR) is 178 cm³/mol. The quantitative estimate of drug-likeness (QED) is 0.223. The SMILES string of the molecule is CCCN(CCC)C(=O)C1=Cc2ccc(C(=O)Nc3cncc(CCC(=O)CNC(=O)OCc4ccccc4)c3)cc2N=C(N)C1. The van der Waals surface area contributed by atoms with Crippen molar-refractivity contribution < 1.29 is 23.9 Å². The van der Waals surface area contributed by atoms with Crippen LogP contribution in [0.2, 0.25) is 0 Å². The molecule has 11 heteroatoms. The van der Waals surface area contributed by atoms with Crippen LogP contribution in [0, 0.1) is 0 Å². The number of aliphatic imine (C=N–C) groups is 1. The summed E-state index contributed by atoms with van der Waals surface area (Å²) in [5.74, 6) is -0.289. The summed E-state index contributed by atoms with van der Waals surface area (Å²) in [6.07, 6.45) is 6.79. The number of rotatable bonds is 14. The lowest BCUT2D eigenvalue weighted by atomic mass is 10.0. The van der Waals surface area contributed by atoms with Crippen LogP contribution < -0.4 is 16.4 Å². The Balaban J connectivity index is 1.32. The summed E-state index contributed by atoms with van der Waals surface area (Å²) in [5, 5.41) is 5.31. The highest BCUT2D eigenvalue weighted by molar-refractivity contribution is 6.08. The van der Waals surface area contributed by atoms with Crippen LogP contribution >= 0.6 is 0 Å². The molecule has 1 aromatic heterocycles. The molecule has 0 fully saturated rings. The number of amidine groups is 1. The van der Waals surface area contributed by atoms with Gasteiger partial charge in [-0.25, -0.2) is 9.79 Å². The minimum absolute atomic E-state index is 0.0526. The number of ketones is 1. The van der Waals surface area contributed by atoms with Gasteiger partial charge >= 0.3 is 6.09 Å². The van der Waals surface area contributed by atoms with Crippen molar-refractivity contribution in [3.05, 3.63) is 94.8 Å². The third-order valence-corrected chi connectivity index (χ3v) is 7.19. The van der Waals surface area contributed by atoms with Gasteiger partial charge in [-0.1, -0.05) is 50.2 Å². The zero-order valence-electron chi connectivity index (χ0n) is 26.3. The van der Waals surface area contributed by atoms with Crippen molar-refractivity contribution in [2.75, 3.05) is 25.0 Å². The number of hydrogen-bond acceptors (Lipinski definition) is 8. The molecule has 4 rings (SSSR count). The normalized spacial score (nSPS) is 12.1. The van der Waals surface area contributed by atoms with Gasteiger partial charge in [0.15, 0.2) is 5.78 Å². The Morgan fingerprint density at radius 1 is 0.957 bits per heavy atom. The number of pyridine rings is 1. The van der Waals surface area contributed by atoms with Gasteiger partial charge in [0.25, 0.3) is 5.91 Å². The summed E-state index contributed by atoms with van der Waals surface area (Å²) in [6.45, 7) is 5.39. The Morgan fingerprint density at radius 2 is 1.72 bits per heavy atom. The van der Waals surface area contributed by atoms with E-state index in [4.69, 9.17) is 10.5 Å². The Hall–Kier alpha value is -5.32. The van der Waals surface area contributed by atoms with E-state index in [9.17, 15) is 19.2 Å². The molecule has 0 spiro atoms. The number of hydrogen-bond donors (Lipinski definition) is 3. The summed E-state index contributed by atoms with van der Waals surface area (Å²) < 4.78 is 5.13. The maximum Gasteiger partial charge on any atom is 0.407 e. The van der Waals surface area contributed by atoms with E-state index in [0.717, 1.165) is 24.0 Å². The van der Waals surface area contributed by atoms with Gasteiger partial charge in [0.2, 0.25) is 5.91 Å². The van der Waals surface area contributed by atoms with Gasteiger partial charge in [-0.3, -0.25) is 19.4 Å². The molecule has 11 nitrogen and oxygen atoms in total. The summed E-state index contributed by atoms with van der Waals surface area (Å²) in [7, 11) is 0. The number of aromatic nitrogens is 1. The smallest absolute Gasteiger partial charge is 0.407 e. The van der Waals surface area contributed by atoms with Crippen LogP contribution in [0.25, 0.3) is 6.08 Å². The molecule has 1 aliphatic rings. The first-order chi connectivity index (χ1) is 22.2. The van der Waals surface area contributed by atoms with E-state index in [0.29, 0.717) is 53.4 Å². The molecule has 1 aliphatic heterocycles. The Morgan fingerprint density at radius 3 is 2.46 bits per heavy atom. The molecule has 0 saturated heterocycles. The molecule has 2 heterocycles. The molecule has 46 heavy (non-hydrogen) atoms. The lowest BCUT2D eigenvalue weighted by Gasteiger charge is -2.22. The van der Waals surface area contributed by atoms with Crippen LogP contribution in [0.3, 0.4) is 0 Å². The van der Waals surface area contributed by atoms with E-state index in [-0.39, 0.29) is 43.6 Å². The Labute approximate surface area is 268 Å². The van der Waals surface area contributed by atoms with Crippen LogP contribution in [-0.4, -0.2) is 59.0 Å². The number of ether oxygens (including phenoxy) is 1. The first kappa shape index (κ1) is 33.6. The van der Waals surface area contributed by atoms with E-state index in [1.807, 2.05) is 49.1 Å². The topological polar surface area (TPSA) is 156 Å². The highest BCUT2D eigenvalue weighted by Crippen LogP contribution is 2.29. The van der Waals surface area contributed by atoms with Gasteiger partial charge in [0.1, 0.15) is 12.4 Å². The minimum atomic E-state index is -0.662. The van der Waals surface area contributed by atoms with Crippen molar-refractivity contribution >= 4 is 47.0 Å². The first-order valence-electron chi connectivity index (χ1n) is 15.4. The average molecular weight is 625 g/mol. The molecule has 0 saturated carbocycles. The van der Waals surface area contributed by atoms with Gasteiger partial charge in [-0.2, -0.15) is 0 Å². The van der Waals surface area contributed by atoms with Crippen molar-refractivity contribution in [1.29, 1.82) is 0 Å². The van der Waals surface area contributed by atoms with E-state index in [1.165, 1.54) is 6.20 Å². The fraction of sp³-hybridized carbons (Fsp3) is 0.314. The van der Waals surface area contributed by atoms with E-state index in [1.54, 1.807) is 36.5 Å². The molecular weight excluding hydrogens is 584 g/mol. The maximum absolute atomic E-state index is 13.2. The summed E-state index contributed by atoms with van der Waals surface area (Å²) in [5.41, 5.74) is 10.4. The molecular formula is C35H40N6O5. The second-order valence-electron chi connectivity index (χ2n) is 11.0. The van der Waals surface area contributed by atoms with E-state index >= 15 is 0 Å². The Bertz CT molecular complexity index is 1610. The molecule has 0 radical (unpaired) electrons. The number of nitrogens with one attached hydrogen (secondary N) is 2. The van der Waals surface area contributed by atoms with Gasteiger partial charge in [0, 0.05) is 48.8 Å². The molecule has 0 atom stereocenters. The van der Waals surface area contributed by atoms with Crippen LogP contribution in [-0.2, 0) is 27.4 Å². The molecule has 3 amide bonds. The van der Waals surface area contributed by atoms with Gasteiger partial charge < -0.3 is 26.0 Å².